The Balaban J connectivity index is 2.89. The topological polar surface area (TPSA) is 12.0 Å². The van der Waals surface area contributed by atoms with Gasteiger partial charge in [-0.15, -0.1) is 11.8 Å². The van der Waals surface area contributed by atoms with E-state index in [1.165, 1.54) is 6.07 Å². The van der Waals surface area contributed by atoms with Crippen LogP contribution in [0.3, 0.4) is 0 Å². The lowest BCUT2D eigenvalue weighted by Gasteiger charge is -2.18. The summed E-state index contributed by atoms with van der Waals surface area (Å²) < 4.78 is 13.1. The first kappa shape index (κ1) is 13.7. The molecule has 1 atom stereocenters. The molecule has 0 aliphatic rings. The van der Waals surface area contributed by atoms with Gasteiger partial charge in [-0.3, -0.25) is 0 Å². The summed E-state index contributed by atoms with van der Waals surface area (Å²) in [6, 6.07) is 5.15. The Morgan fingerprint density at radius 1 is 1.41 bits per heavy atom. The highest BCUT2D eigenvalue weighted by molar-refractivity contribution is 5.30. The average molecular weight is 233 g/mol. The minimum atomic E-state index is -0.179. The molecule has 0 spiro atoms. The van der Waals surface area contributed by atoms with Crippen LogP contribution in [0.2, 0.25) is 0 Å². The van der Waals surface area contributed by atoms with Gasteiger partial charge in [-0.25, -0.2) is 4.39 Å². The number of hydrogen-bond donors (Lipinski definition) is 1. The van der Waals surface area contributed by atoms with Gasteiger partial charge in [0.25, 0.3) is 0 Å². The Hall–Kier alpha value is -1.33. The van der Waals surface area contributed by atoms with Crippen LogP contribution in [0, 0.1) is 24.6 Å². The van der Waals surface area contributed by atoms with Gasteiger partial charge in [-0.05, 0) is 50.1 Å². The minimum Gasteiger partial charge on any atom is -0.309 e. The highest BCUT2D eigenvalue weighted by Crippen LogP contribution is 2.21. The molecule has 1 aromatic rings. The standard InChI is InChI=1S/C15H20FN/c1-4-6-7-15(17-10-5-2)14-9-8-13(16)11-12(14)3/h8-9,11,15,17H,5,7,10H2,1-3H3. The Kier molecular flexibility index (Phi) is 5.72. The SMILES string of the molecule is CC#CCC(NCCC)c1ccc(F)cc1C. The quantitative estimate of drug-likeness (QED) is 0.766. The molecule has 0 radical (unpaired) electrons. The third-order valence-electron chi connectivity index (χ3n) is 2.73. The number of rotatable bonds is 5. The summed E-state index contributed by atoms with van der Waals surface area (Å²) in [5, 5.41) is 3.46. The van der Waals surface area contributed by atoms with Crippen molar-refractivity contribution in [2.24, 2.45) is 0 Å². The molecule has 0 fully saturated rings. The third kappa shape index (κ3) is 4.20. The van der Waals surface area contributed by atoms with Gasteiger partial charge in [0.15, 0.2) is 0 Å². The predicted molar refractivity (Wildman–Crippen MR) is 70.2 cm³/mol. The number of nitrogens with one attached hydrogen (secondary N) is 1. The van der Waals surface area contributed by atoms with Gasteiger partial charge in [-0.1, -0.05) is 13.0 Å². The summed E-state index contributed by atoms with van der Waals surface area (Å²) in [5.74, 6) is 5.82. The highest BCUT2D eigenvalue weighted by atomic mass is 19.1. The van der Waals surface area contributed by atoms with Crippen molar-refractivity contribution in [1.29, 1.82) is 0 Å². The Bertz CT molecular complexity index is 415. The lowest BCUT2D eigenvalue weighted by molar-refractivity contribution is 0.538. The fraction of sp³-hybridized carbons (Fsp3) is 0.467. The molecule has 1 aromatic carbocycles. The molecule has 0 aliphatic heterocycles. The van der Waals surface area contributed by atoms with E-state index in [0.717, 1.165) is 30.5 Å². The van der Waals surface area contributed by atoms with E-state index in [9.17, 15) is 4.39 Å². The second-order valence-corrected chi connectivity index (χ2v) is 4.14. The maximum absolute atomic E-state index is 13.1. The summed E-state index contributed by atoms with van der Waals surface area (Å²) in [4.78, 5) is 0. The van der Waals surface area contributed by atoms with Crippen LogP contribution in [-0.2, 0) is 0 Å². The van der Waals surface area contributed by atoms with E-state index in [1.807, 2.05) is 19.9 Å². The maximum atomic E-state index is 13.1. The third-order valence-corrected chi connectivity index (χ3v) is 2.73. The summed E-state index contributed by atoms with van der Waals surface area (Å²) in [6.07, 6.45) is 1.85. The van der Waals surface area contributed by atoms with Gasteiger partial charge in [0.05, 0.1) is 0 Å². The summed E-state index contributed by atoms with van der Waals surface area (Å²) >= 11 is 0. The average Bonchev–Trinajstić information content (AvgIpc) is 2.30. The van der Waals surface area contributed by atoms with Crippen LogP contribution in [0.4, 0.5) is 4.39 Å². The zero-order valence-electron chi connectivity index (χ0n) is 10.8. The molecule has 0 aromatic heterocycles. The summed E-state index contributed by atoms with van der Waals surface area (Å²) in [5.41, 5.74) is 2.12. The highest BCUT2D eigenvalue weighted by Gasteiger charge is 2.12. The van der Waals surface area contributed by atoms with Crippen molar-refractivity contribution in [1.82, 2.24) is 5.32 Å². The normalized spacial score (nSPS) is 11.8. The van der Waals surface area contributed by atoms with Gasteiger partial charge < -0.3 is 5.32 Å². The van der Waals surface area contributed by atoms with E-state index < -0.39 is 0 Å². The van der Waals surface area contributed by atoms with Crippen LogP contribution in [0.25, 0.3) is 0 Å². The Labute approximate surface area is 103 Å². The van der Waals surface area contributed by atoms with E-state index in [2.05, 4.69) is 24.1 Å². The number of benzene rings is 1. The van der Waals surface area contributed by atoms with E-state index in [4.69, 9.17) is 0 Å². The van der Waals surface area contributed by atoms with E-state index in [-0.39, 0.29) is 11.9 Å². The summed E-state index contributed by atoms with van der Waals surface area (Å²) in [7, 11) is 0. The zero-order chi connectivity index (χ0) is 12.7. The zero-order valence-corrected chi connectivity index (χ0v) is 10.8. The van der Waals surface area contributed by atoms with Crippen LogP contribution in [-0.4, -0.2) is 6.54 Å². The van der Waals surface area contributed by atoms with Crippen molar-refractivity contribution in [3.05, 3.63) is 35.1 Å². The van der Waals surface area contributed by atoms with Crippen molar-refractivity contribution in [3.63, 3.8) is 0 Å². The van der Waals surface area contributed by atoms with E-state index in [0.29, 0.717) is 0 Å². The van der Waals surface area contributed by atoms with Crippen LogP contribution >= 0.6 is 0 Å². The first-order valence-corrected chi connectivity index (χ1v) is 6.08. The molecule has 0 heterocycles. The van der Waals surface area contributed by atoms with Crippen molar-refractivity contribution in [3.8, 4) is 11.8 Å². The van der Waals surface area contributed by atoms with E-state index >= 15 is 0 Å². The van der Waals surface area contributed by atoms with Crippen molar-refractivity contribution in [2.45, 2.75) is 39.7 Å². The molecule has 1 rings (SSSR count). The van der Waals surface area contributed by atoms with Crippen molar-refractivity contribution in [2.75, 3.05) is 6.54 Å². The van der Waals surface area contributed by atoms with Crippen LogP contribution in [0.15, 0.2) is 18.2 Å². The molecule has 0 aliphatic carbocycles. The lowest BCUT2D eigenvalue weighted by Crippen LogP contribution is -2.22. The van der Waals surface area contributed by atoms with Crippen LogP contribution < -0.4 is 5.32 Å². The minimum absolute atomic E-state index is 0.179. The molecule has 92 valence electrons. The molecule has 1 unspecified atom stereocenters. The molecule has 1 nitrogen and oxygen atoms in total. The number of hydrogen-bond acceptors (Lipinski definition) is 1. The molecule has 0 amide bonds. The fourth-order valence-electron chi connectivity index (χ4n) is 1.84. The second kappa shape index (κ2) is 7.09. The Morgan fingerprint density at radius 2 is 2.18 bits per heavy atom. The van der Waals surface area contributed by atoms with Gasteiger partial charge in [0.2, 0.25) is 0 Å². The molecule has 2 heteroatoms. The predicted octanol–water partition coefficient (Wildman–Crippen LogP) is 3.59. The molecular formula is C15H20FN. The number of aryl methyl sites for hydroxylation is 1. The number of halogens is 1. The first-order chi connectivity index (χ1) is 8.19. The largest absolute Gasteiger partial charge is 0.309 e. The van der Waals surface area contributed by atoms with Gasteiger partial charge >= 0.3 is 0 Å². The van der Waals surface area contributed by atoms with Gasteiger partial charge in [0, 0.05) is 12.5 Å². The van der Waals surface area contributed by atoms with Crippen molar-refractivity contribution >= 4 is 0 Å². The second-order valence-electron chi connectivity index (χ2n) is 4.14. The Morgan fingerprint density at radius 3 is 2.76 bits per heavy atom. The van der Waals surface area contributed by atoms with Gasteiger partial charge in [0.1, 0.15) is 5.82 Å². The molecule has 17 heavy (non-hydrogen) atoms. The fourth-order valence-corrected chi connectivity index (χ4v) is 1.84. The molecule has 1 N–H and O–H groups in total. The van der Waals surface area contributed by atoms with Crippen LogP contribution in [0.1, 0.15) is 43.9 Å². The van der Waals surface area contributed by atoms with Crippen molar-refractivity contribution < 1.29 is 4.39 Å². The lowest BCUT2D eigenvalue weighted by atomic mass is 9.98. The maximum Gasteiger partial charge on any atom is 0.123 e. The first-order valence-electron chi connectivity index (χ1n) is 6.08. The monoisotopic (exact) mass is 233 g/mol. The molecule has 0 saturated carbocycles. The van der Waals surface area contributed by atoms with E-state index in [1.54, 1.807) is 6.07 Å². The smallest absolute Gasteiger partial charge is 0.123 e. The summed E-state index contributed by atoms with van der Waals surface area (Å²) in [6.45, 7) is 6.87. The molecule has 0 saturated heterocycles. The van der Waals surface area contributed by atoms with Crippen LogP contribution in [0.5, 0.6) is 0 Å². The molecular weight excluding hydrogens is 213 g/mol. The molecule has 0 bridgehead atoms. The van der Waals surface area contributed by atoms with Gasteiger partial charge in [-0.2, -0.15) is 0 Å².